The van der Waals surface area contributed by atoms with E-state index in [4.69, 9.17) is 12.2 Å². The number of hydrazine groups is 1. The molecule has 2 aromatic carbocycles. The third-order valence-corrected chi connectivity index (χ3v) is 4.73. The van der Waals surface area contributed by atoms with E-state index >= 15 is 0 Å². The van der Waals surface area contributed by atoms with Gasteiger partial charge in [-0.1, -0.05) is 60.5 Å². The van der Waals surface area contributed by atoms with Gasteiger partial charge in [0.25, 0.3) is 11.8 Å². The van der Waals surface area contributed by atoms with Gasteiger partial charge in [0, 0.05) is 15.6 Å². The number of rotatable bonds is 2. The molecule has 0 aliphatic heterocycles. The molecule has 0 fully saturated rings. The summed E-state index contributed by atoms with van der Waals surface area (Å²) in [6.45, 7) is 8.24. The monoisotopic (exact) mass is 447 g/mol. The summed E-state index contributed by atoms with van der Waals surface area (Å²) in [4.78, 5) is 24.4. The van der Waals surface area contributed by atoms with Gasteiger partial charge < -0.3 is 0 Å². The normalized spacial score (nSPS) is 10.9. The van der Waals surface area contributed by atoms with Crippen LogP contribution in [0.25, 0.3) is 0 Å². The van der Waals surface area contributed by atoms with E-state index in [1.165, 1.54) is 0 Å². The molecule has 2 rings (SSSR count). The van der Waals surface area contributed by atoms with Gasteiger partial charge in [0.15, 0.2) is 5.11 Å². The summed E-state index contributed by atoms with van der Waals surface area (Å²) in [6.07, 6.45) is 0. The summed E-state index contributed by atoms with van der Waals surface area (Å²) in [5.74, 6) is -0.706. The molecule has 0 aromatic heterocycles. The molecular formula is C20H22BrN3O2S. The summed E-state index contributed by atoms with van der Waals surface area (Å²) in [5.41, 5.74) is 8.07. The molecule has 2 aromatic rings. The Labute approximate surface area is 173 Å². The van der Waals surface area contributed by atoms with E-state index in [2.05, 4.69) is 52.9 Å². The molecule has 0 bridgehead atoms. The number of aryl methyl sites for hydroxylation is 1. The van der Waals surface area contributed by atoms with E-state index in [0.29, 0.717) is 11.1 Å². The van der Waals surface area contributed by atoms with Crippen LogP contribution in [0.3, 0.4) is 0 Å². The number of carbonyl (C=O) groups is 2. The lowest BCUT2D eigenvalue weighted by atomic mass is 9.86. The van der Waals surface area contributed by atoms with Crippen molar-refractivity contribution in [3.63, 3.8) is 0 Å². The van der Waals surface area contributed by atoms with Crippen molar-refractivity contribution >= 4 is 45.1 Å². The largest absolute Gasteiger partial charge is 0.298 e. The maximum Gasteiger partial charge on any atom is 0.269 e. The molecule has 0 heterocycles. The SMILES string of the molecule is Cc1ccc(C(=O)NNC(=S)NC(=O)c2ccc(C(C)(C)C)c(Br)c2)cc1. The second-order valence-corrected chi connectivity index (χ2v) is 8.44. The molecule has 0 atom stereocenters. The summed E-state index contributed by atoms with van der Waals surface area (Å²) < 4.78 is 0.856. The first-order chi connectivity index (χ1) is 12.6. The predicted octanol–water partition coefficient (Wildman–Crippen LogP) is 4.00. The quantitative estimate of drug-likeness (QED) is 0.480. The van der Waals surface area contributed by atoms with Crippen LogP contribution in [-0.4, -0.2) is 16.9 Å². The van der Waals surface area contributed by atoms with Crippen molar-refractivity contribution in [1.82, 2.24) is 16.2 Å². The molecule has 142 valence electrons. The maximum absolute atomic E-state index is 12.3. The molecule has 0 saturated heterocycles. The summed E-state index contributed by atoms with van der Waals surface area (Å²) >= 11 is 8.58. The molecule has 0 saturated carbocycles. The molecule has 3 N–H and O–H groups in total. The highest BCUT2D eigenvalue weighted by Crippen LogP contribution is 2.30. The second-order valence-electron chi connectivity index (χ2n) is 7.17. The molecule has 0 aliphatic rings. The Kier molecular flexibility index (Phi) is 6.73. The first-order valence-corrected chi connectivity index (χ1v) is 9.56. The Bertz CT molecular complexity index is 874. The molecule has 0 radical (unpaired) electrons. The van der Waals surface area contributed by atoms with E-state index in [9.17, 15) is 9.59 Å². The van der Waals surface area contributed by atoms with Crippen molar-refractivity contribution < 1.29 is 9.59 Å². The fourth-order valence-corrected chi connectivity index (χ4v) is 3.48. The third kappa shape index (κ3) is 5.87. The zero-order valence-corrected chi connectivity index (χ0v) is 18.0. The van der Waals surface area contributed by atoms with Gasteiger partial charge in [-0.25, -0.2) is 0 Å². The van der Waals surface area contributed by atoms with Gasteiger partial charge in [0.05, 0.1) is 0 Å². The van der Waals surface area contributed by atoms with E-state index < -0.39 is 0 Å². The molecule has 5 nitrogen and oxygen atoms in total. The predicted molar refractivity (Wildman–Crippen MR) is 115 cm³/mol. The van der Waals surface area contributed by atoms with Crippen LogP contribution in [-0.2, 0) is 5.41 Å². The van der Waals surface area contributed by atoms with E-state index in [-0.39, 0.29) is 22.3 Å². The summed E-state index contributed by atoms with van der Waals surface area (Å²) in [6, 6.07) is 12.5. The number of benzene rings is 2. The lowest BCUT2D eigenvalue weighted by Crippen LogP contribution is -2.48. The zero-order chi connectivity index (χ0) is 20.2. The fourth-order valence-electron chi connectivity index (χ4n) is 2.36. The van der Waals surface area contributed by atoms with Crippen molar-refractivity contribution in [1.29, 1.82) is 0 Å². The van der Waals surface area contributed by atoms with Crippen molar-refractivity contribution in [3.05, 3.63) is 69.2 Å². The number of hydrogen-bond acceptors (Lipinski definition) is 3. The van der Waals surface area contributed by atoms with Crippen LogP contribution in [0.5, 0.6) is 0 Å². The van der Waals surface area contributed by atoms with E-state index in [0.717, 1.165) is 15.6 Å². The van der Waals surface area contributed by atoms with Crippen LogP contribution in [0.15, 0.2) is 46.9 Å². The fraction of sp³-hybridized carbons (Fsp3) is 0.250. The van der Waals surface area contributed by atoms with Crippen molar-refractivity contribution in [2.75, 3.05) is 0 Å². The lowest BCUT2D eigenvalue weighted by molar-refractivity contribution is 0.0934. The van der Waals surface area contributed by atoms with E-state index in [1.807, 2.05) is 25.1 Å². The lowest BCUT2D eigenvalue weighted by Gasteiger charge is -2.21. The van der Waals surface area contributed by atoms with Gasteiger partial charge >= 0.3 is 0 Å². The van der Waals surface area contributed by atoms with Gasteiger partial charge in [-0.2, -0.15) is 0 Å². The van der Waals surface area contributed by atoms with E-state index in [1.54, 1.807) is 24.3 Å². The van der Waals surface area contributed by atoms with Crippen molar-refractivity contribution in [2.45, 2.75) is 33.1 Å². The molecule has 0 spiro atoms. The van der Waals surface area contributed by atoms with Gasteiger partial charge in [0.2, 0.25) is 0 Å². The maximum atomic E-state index is 12.3. The average molecular weight is 448 g/mol. The van der Waals surface area contributed by atoms with Crippen molar-refractivity contribution in [2.24, 2.45) is 0 Å². The van der Waals surface area contributed by atoms with Crippen LogP contribution >= 0.6 is 28.1 Å². The highest BCUT2D eigenvalue weighted by molar-refractivity contribution is 9.10. The third-order valence-electron chi connectivity index (χ3n) is 3.87. The van der Waals surface area contributed by atoms with Crippen molar-refractivity contribution in [3.8, 4) is 0 Å². The summed E-state index contributed by atoms with van der Waals surface area (Å²) in [7, 11) is 0. The average Bonchev–Trinajstić information content (AvgIpc) is 2.59. The highest BCUT2D eigenvalue weighted by atomic mass is 79.9. The molecule has 2 amide bonds. The molecule has 27 heavy (non-hydrogen) atoms. The van der Waals surface area contributed by atoms with Crippen LogP contribution in [0.1, 0.15) is 52.6 Å². The smallest absolute Gasteiger partial charge is 0.269 e. The van der Waals surface area contributed by atoms with Crippen LogP contribution < -0.4 is 16.2 Å². The first-order valence-electron chi connectivity index (χ1n) is 8.36. The Morgan fingerprint density at radius 1 is 0.926 bits per heavy atom. The highest BCUT2D eigenvalue weighted by Gasteiger charge is 2.18. The Morgan fingerprint density at radius 3 is 2.07 bits per heavy atom. The first kappa shape index (κ1) is 21.1. The molecular weight excluding hydrogens is 426 g/mol. The molecule has 0 aliphatic carbocycles. The van der Waals surface area contributed by atoms with Crippen LogP contribution in [0.4, 0.5) is 0 Å². The molecule has 7 heteroatoms. The zero-order valence-electron chi connectivity index (χ0n) is 15.6. The van der Waals surface area contributed by atoms with Gasteiger partial charge in [0.1, 0.15) is 0 Å². The Hall–Kier alpha value is -2.25. The standard InChI is InChI=1S/C20H22BrN3O2S/c1-12-5-7-13(8-6-12)18(26)23-24-19(27)22-17(25)14-9-10-15(16(21)11-14)20(2,3)4/h5-11H,1-4H3,(H,23,26)(H2,22,24,25,27). The van der Waals surface area contributed by atoms with Gasteiger partial charge in [-0.3, -0.25) is 25.8 Å². The number of nitrogens with one attached hydrogen (secondary N) is 3. The molecule has 0 unspecified atom stereocenters. The number of carbonyl (C=O) groups excluding carboxylic acids is 2. The topological polar surface area (TPSA) is 70.2 Å². The van der Waals surface area contributed by atoms with Crippen LogP contribution in [0, 0.1) is 6.92 Å². The van der Waals surface area contributed by atoms with Gasteiger partial charge in [-0.15, -0.1) is 0 Å². The second kappa shape index (κ2) is 8.63. The van der Waals surface area contributed by atoms with Gasteiger partial charge in [-0.05, 0) is 54.4 Å². The number of hydrogen-bond donors (Lipinski definition) is 3. The minimum atomic E-state index is -0.363. The number of halogens is 1. The minimum Gasteiger partial charge on any atom is -0.298 e. The Morgan fingerprint density at radius 2 is 1.52 bits per heavy atom. The number of thiocarbonyl (C=S) groups is 1. The number of amides is 2. The van der Waals surface area contributed by atoms with Crippen LogP contribution in [0.2, 0.25) is 0 Å². The Balaban J connectivity index is 1.93. The minimum absolute atomic E-state index is 0.0106. The summed E-state index contributed by atoms with van der Waals surface area (Å²) in [5, 5.41) is 2.55.